The molecule has 1 fully saturated rings. The molecule has 0 N–H and O–H groups in total. The van der Waals surface area contributed by atoms with E-state index in [9.17, 15) is 4.79 Å². The van der Waals surface area contributed by atoms with Gasteiger partial charge in [-0.05, 0) is 68.7 Å². The molecule has 1 aliphatic rings. The second-order valence-electron chi connectivity index (χ2n) is 7.44. The molecule has 0 saturated carbocycles. The van der Waals surface area contributed by atoms with Crippen molar-refractivity contribution in [3.8, 4) is 5.75 Å². The van der Waals surface area contributed by atoms with Crippen LogP contribution in [0.4, 0.5) is 5.69 Å². The van der Waals surface area contributed by atoms with Crippen LogP contribution in [0.3, 0.4) is 0 Å². The van der Waals surface area contributed by atoms with E-state index in [1.807, 2.05) is 29.2 Å². The van der Waals surface area contributed by atoms with Gasteiger partial charge in [0, 0.05) is 43.3 Å². The van der Waals surface area contributed by atoms with E-state index in [2.05, 4.69) is 43.0 Å². The van der Waals surface area contributed by atoms with Crippen molar-refractivity contribution in [2.24, 2.45) is 0 Å². The summed E-state index contributed by atoms with van der Waals surface area (Å²) in [6, 6.07) is 16.4. The van der Waals surface area contributed by atoms with E-state index in [0.29, 0.717) is 5.92 Å². The van der Waals surface area contributed by atoms with Gasteiger partial charge in [-0.25, -0.2) is 0 Å². The molecule has 1 atom stereocenters. The van der Waals surface area contributed by atoms with Crippen molar-refractivity contribution in [1.82, 2.24) is 4.90 Å². The molecule has 0 radical (unpaired) electrons. The lowest BCUT2D eigenvalue weighted by molar-refractivity contribution is 0.0754. The first kappa shape index (κ1) is 20.2. The standard InChI is InChI=1S/C24H32N2O2/c1-4-25(5-2)22-13-9-20(10-14-22)24(27)26-17-7-6-8-21(18-26)19-11-15-23(28-3)16-12-19/h9-16,21H,4-8,17-18H2,1-3H3. The Morgan fingerprint density at radius 3 is 2.32 bits per heavy atom. The van der Waals surface area contributed by atoms with E-state index in [4.69, 9.17) is 4.74 Å². The van der Waals surface area contributed by atoms with Gasteiger partial charge in [0.1, 0.15) is 5.75 Å². The quantitative estimate of drug-likeness (QED) is 0.711. The number of ether oxygens (including phenoxy) is 1. The molecular weight excluding hydrogens is 348 g/mol. The van der Waals surface area contributed by atoms with E-state index >= 15 is 0 Å². The van der Waals surface area contributed by atoms with Crippen molar-refractivity contribution in [2.45, 2.75) is 39.0 Å². The molecule has 1 heterocycles. The highest BCUT2D eigenvalue weighted by molar-refractivity contribution is 5.94. The Labute approximate surface area is 169 Å². The van der Waals surface area contributed by atoms with Gasteiger partial charge in [-0.3, -0.25) is 4.79 Å². The van der Waals surface area contributed by atoms with E-state index < -0.39 is 0 Å². The smallest absolute Gasteiger partial charge is 0.253 e. The number of amides is 1. The zero-order valence-corrected chi connectivity index (χ0v) is 17.4. The Kier molecular flexibility index (Phi) is 6.96. The SMILES string of the molecule is CCN(CC)c1ccc(C(=O)N2CCCCC(c3ccc(OC)cc3)C2)cc1. The summed E-state index contributed by atoms with van der Waals surface area (Å²) in [6.45, 7) is 7.86. The number of nitrogens with zero attached hydrogens (tertiary/aromatic N) is 2. The second kappa shape index (κ2) is 9.63. The van der Waals surface area contributed by atoms with Crippen LogP contribution in [0.5, 0.6) is 5.75 Å². The number of hydrogen-bond acceptors (Lipinski definition) is 3. The fraction of sp³-hybridized carbons (Fsp3) is 0.458. The predicted octanol–water partition coefficient (Wildman–Crippen LogP) is 4.95. The molecule has 1 aliphatic heterocycles. The van der Waals surface area contributed by atoms with E-state index in [0.717, 1.165) is 56.8 Å². The van der Waals surface area contributed by atoms with Crippen LogP contribution < -0.4 is 9.64 Å². The molecule has 3 rings (SSSR count). The predicted molar refractivity (Wildman–Crippen MR) is 115 cm³/mol. The zero-order valence-electron chi connectivity index (χ0n) is 17.4. The van der Waals surface area contributed by atoms with E-state index in [-0.39, 0.29) is 5.91 Å². The highest BCUT2D eigenvalue weighted by atomic mass is 16.5. The lowest BCUT2D eigenvalue weighted by Gasteiger charge is -2.26. The molecule has 4 heteroatoms. The molecule has 0 spiro atoms. The molecule has 2 aromatic rings. The lowest BCUT2D eigenvalue weighted by Crippen LogP contribution is -2.34. The van der Waals surface area contributed by atoms with Gasteiger partial charge in [-0.1, -0.05) is 18.6 Å². The van der Waals surface area contributed by atoms with Crippen LogP contribution >= 0.6 is 0 Å². The topological polar surface area (TPSA) is 32.8 Å². The Morgan fingerprint density at radius 1 is 1.04 bits per heavy atom. The number of anilines is 1. The Balaban J connectivity index is 1.72. The molecule has 2 aromatic carbocycles. The first-order valence-electron chi connectivity index (χ1n) is 10.4. The molecular formula is C24H32N2O2. The molecule has 0 aliphatic carbocycles. The third kappa shape index (κ3) is 4.67. The first-order chi connectivity index (χ1) is 13.7. The van der Waals surface area contributed by atoms with Crippen molar-refractivity contribution in [1.29, 1.82) is 0 Å². The number of carbonyl (C=O) groups is 1. The van der Waals surface area contributed by atoms with Gasteiger partial charge in [0.05, 0.1) is 7.11 Å². The Morgan fingerprint density at radius 2 is 1.71 bits per heavy atom. The van der Waals surface area contributed by atoms with Crippen LogP contribution in [0, 0.1) is 0 Å². The fourth-order valence-electron chi connectivity index (χ4n) is 4.06. The van der Waals surface area contributed by atoms with Gasteiger partial charge in [0.25, 0.3) is 5.91 Å². The van der Waals surface area contributed by atoms with Crippen molar-refractivity contribution >= 4 is 11.6 Å². The largest absolute Gasteiger partial charge is 0.497 e. The number of methoxy groups -OCH3 is 1. The van der Waals surface area contributed by atoms with Gasteiger partial charge >= 0.3 is 0 Å². The highest BCUT2D eigenvalue weighted by Gasteiger charge is 2.24. The van der Waals surface area contributed by atoms with Crippen molar-refractivity contribution in [2.75, 3.05) is 38.2 Å². The maximum Gasteiger partial charge on any atom is 0.253 e. The van der Waals surface area contributed by atoms with E-state index in [1.165, 1.54) is 11.3 Å². The monoisotopic (exact) mass is 380 g/mol. The first-order valence-corrected chi connectivity index (χ1v) is 10.4. The minimum Gasteiger partial charge on any atom is -0.497 e. The minimum absolute atomic E-state index is 0.145. The van der Waals surface area contributed by atoms with Crippen molar-refractivity contribution < 1.29 is 9.53 Å². The molecule has 150 valence electrons. The molecule has 1 unspecified atom stereocenters. The summed E-state index contributed by atoms with van der Waals surface area (Å²) in [5.74, 6) is 1.40. The zero-order chi connectivity index (χ0) is 19.9. The lowest BCUT2D eigenvalue weighted by atomic mass is 9.94. The normalized spacial score (nSPS) is 17.1. The van der Waals surface area contributed by atoms with Crippen LogP contribution in [0.1, 0.15) is 54.9 Å². The van der Waals surface area contributed by atoms with Crippen LogP contribution in [0.15, 0.2) is 48.5 Å². The van der Waals surface area contributed by atoms with Crippen molar-refractivity contribution in [3.05, 3.63) is 59.7 Å². The summed E-state index contributed by atoms with van der Waals surface area (Å²) >= 11 is 0. The minimum atomic E-state index is 0.145. The number of hydrogen-bond donors (Lipinski definition) is 0. The van der Waals surface area contributed by atoms with Gasteiger partial charge in [-0.15, -0.1) is 0 Å². The van der Waals surface area contributed by atoms with Gasteiger partial charge in [0.15, 0.2) is 0 Å². The van der Waals surface area contributed by atoms with E-state index in [1.54, 1.807) is 7.11 Å². The summed E-state index contributed by atoms with van der Waals surface area (Å²) in [5, 5.41) is 0. The van der Waals surface area contributed by atoms with Gasteiger partial charge in [-0.2, -0.15) is 0 Å². The van der Waals surface area contributed by atoms with Crippen LogP contribution in [0.25, 0.3) is 0 Å². The number of benzene rings is 2. The summed E-state index contributed by atoms with van der Waals surface area (Å²) < 4.78 is 5.27. The summed E-state index contributed by atoms with van der Waals surface area (Å²) in [7, 11) is 1.69. The average Bonchev–Trinajstić information content (AvgIpc) is 3.01. The van der Waals surface area contributed by atoms with Crippen LogP contribution in [-0.2, 0) is 0 Å². The third-order valence-corrected chi connectivity index (χ3v) is 5.79. The number of likely N-dealkylation sites (tertiary alicyclic amines) is 1. The average molecular weight is 381 g/mol. The van der Waals surface area contributed by atoms with Gasteiger partial charge < -0.3 is 14.5 Å². The van der Waals surface area contributed by atoms with Crippen molar-refractivity contribution in [3.63, 3.8) is 0 Å². The fourth-order valence-corrected chi connectivity index (χ4v) is 4.06. The van der Waals surface area contributed by atoms with Crippen LogP contribution in [0.2, 0.25) is 0 Å². The Hall–Kier alpha value is -2.49. The molecule has 28 heavy (non-hydrogen) atoms. The molecule has 0 aromatic heterocycles. The second-order valence-corrected chi connectivity index (χ2v) is 7.44. The third-order valence-electron chi connectivity index (χ3n) is 5.79. The number of rotatable bonds is 6. The maximum atomic E-state index is 13.1. The molecule has 1 saturated heterocycles. The summed E-state index contributed by atoms with van der Waals surface area (Å²) in [5.41, 5.74) is 3.25. The molecule has 0 bridgehead atoms. The highest BCUT2D eigenvalue weighted by Crippen LogP contribution is 2.29. The Bertz CT molecular complexity index is 751. The summed E-state index contributed by atoms with van der Waals surface area (Å²) in [4.78, 5) is 17.5. The molecule has 1 amide bonds. The summed E-state index contributed by atoms with van der Waals surface area (Å²) in [6.07, 6.45) is 3.34. The van der Waals surface area contributed by atoms with Gasteiger partial charge in [0.2, 0.25) is 0 Å². The molecule has 4 nitrogen and oxygen atoms in total. The van der Waals surface area contributed by atoms with Crippen LogP contribution in [-0.4, -0.2) is 44.1 Å². The maximum absolute atomic E-state index is 13.1. The number of carbonyl (C=O) groups excluding carboxylic acids is 1.